The lowest BCUT2D eigenvalue weighted by atomic mass is 10.1. The van der Waals surface area contributed by atoms with E-state index in [1.807, 2.05) is 18.2 Å². The number of carbonyl (C=O) groups excluding carboxylic acids is 1. The van der Waals surface area contributed by atoms with Crippen molar-refractivity contribution in [3.63, 3.8) is 0 Å². The summed E-state index contributed by atoms with van der Waals surface area (Å²) in [4.78, 5) is 13.7. The predicted octanol–water partition coefficient (Wildman–Crippen LogP) is 1.90. The van der Waals surface area contributed by atoms with E-state index in [0.29, 0.717) is 18.5 Å². The highest BCUT2D eigenvalue weighted by atomic mass is 35.5. The molecule has 0 spiro atoms. The van der Waals surface area contributed by atoms with Gasteiger partial charge in [-0.25, -0.2) is 8.42 Å². The van der Waals surface area contributed by atoms with Crippen LogP contribution in [0.5, 0.6) is 0 Å². The maximum absolute atomic E-state index is 12.2. The minimum atomic E-state index is -3.17. The highest BCUT2D eigenvalue weighted by molar-refractivity contribution is 7.91. The Labute approximate surface area is 139 Å². The van der Waals surface area contributed by atoms with Crippen molar-refractivity contribution in [2.24, 2.45) is 0 Å². The van der Waals surface area contributed by atoms with Crippen molar-refractivity contribution in [1.82, 2.24) is 4.90 Å². The molecule has 2 atom stereocenters. The second-order valence-corrected chi connectivity index (χ2v) is 7.88. The number of rotatable bonds is 6. The van der Waals surface area contributed by atoms with Gasteiger partial charge in [0, 0.05) is 31.5 Å². The Bertz CT molecular complexity index is 605. The van der Waals surface area contributed by atoms with E-state index in [1.54, 1.807) is 27.0 Å². The van der Waals surface area contributed by atoms with E-state index in [1.165, 1.54) is 11.2 Å². The highest BCUT2D eigenvalue weighted by Crippen LogP contribution is 2.15. The summed E-state index contributed by atoms with van der Waals surface area (Å²) in [6.45, 7) is 3.37. The number of amides is 1. The molecular formula is C15H25ClN2O3S. The predicted molar refractivity (Wildman–Crippen MR) is 93.0 cm³/mol. The van der Waals surface area contributed by atoms with E-state index in [2.05, 4.69) is 0 Å². The van der Waals surface area contributed by atoms with Crippen molar-refractivity contribution in [1.29, 1.82) is 0 Å². The number of hydrogen-bond acceptors (Lipinski definition) is 4. The largest absolute Gasteiger partial charge is 0.399 e. The van der Waals surface area contributed by atoms with Crippen LogP contribution >= 0.6 is 12.4 Å². The van der Waals surface area contributed by atoms with Crippen LogP contribution in [0.15, 0.2) is 24.3 Å². The molecule has 1 aromatic rings. The van der Waals surface area contributed by atoms with E-state index in [0.717, 1.165) is 5.56 Å². The number of hydrogen-bond donors (Lipinski definition) is 1. The summed E-state index contributed by atoms with van der Waals surface area (Å²) in [5, 5.41) is -0.590. The van der Waals surface area contributed by atoms with Crippen LogP contribution in [-0.4, -0.2) is 43.8 Å². The Kier molecular flexibility index (Phi) is 7.90. The van der Waals surface area contributed by atoms with Crippen molar-refractivity contribution in [2.75, 3.05) is 19.0 Å². The maximum Gasteiger partial charge on any atom is 0.222 e. The van der Waals surface area contributed by atoms with E-state index >= 15 is 0 Å². The van der Waals surface area contributed by atoms with Gasteiger partial charge in [0.25, 0.3) is 0 Å². The summed E-state index contributed by atoms with van der Waals surface area (Å²) in [6.07, 6.45) is 2.05. The van der Waals surface area contributed by atoms with Gasteiger partial charge in [0.2, 0.25) is 5.91 Å². The zero-order chi connectivity index (χ0) is 16.2. The molecular weight excluding hydrogens is 324 g/mol. The van der Waals surface area contributed by atoms with Gasteiger partial charge in [0.15, 0.2) is 9.84 Å². The standard InChI is InChI=1S/C15H24N2O3S.ClH/c1-11(12(2)21(4,19)20)17(3)15(18)10-9-13-7-5-6-8-14(13)16;/h5-8,11-12H,9-10,16H2,1-4H3;1H. The molecule has 0 radical (unpaired) electrons. The quantitative estimate of drug-likeness (QED) is 0.796. The minimum absolute atomic E-state index is 0. The molecule has 0 aromatic heterocycles. The van der Waals surface area contributed by atoms with E-state index in [4.69, 9.17) is 5.73 Å². The van der Waals surface area contributed by atoms with Crippen molar-refractivity contribution in [3.05, 3.63) is 29.8 Å². The molecule has 126 valence electrons. The van der Waals surface area contributed by atoms with Crippen molar-refractivity contribution < 1.29 is 13.2 Å². The zero-order valence-corrected chi connectivity index (χ0v) is 15.1. The Morgan fingerprint density at radius 2 is 1.82 bits per heavy atom. The second-order valence-electron chi connectivity index (χ2n) is 5.48. The Morgan fingerprint density at radius 1 is 1.27 bits per heavy atom. The fourth-order valence-electron chi connectivity index (χ4n) is 2.08. The molecule has 0 aliphatic rings. The number of benzene rings is 1. The molecule has 0 fully saturated rings. The molecule has 7 heteroatoms. The number of para-hydroxylation sites is 1. The smallest absolute Gasteiger partial charge is 0.222 e. The van der Waals surface area contributed by atoms with Crippen molar-refractivity contribution in [2.45, 2.75) is 38.0 Å². The molecule has 2 unspecified atom stereocenters. The molecule has 0 heterocycles. The first-order chi connectivity index (χ1) is 9.64. The van der Waals surface area contributed by atoms with Crippen molar-refractivity contribution in [3.8, 4) is 0 Å². The van der Waals surface area contributed by atoms with Crippen LogP contribution in [0, 0.1) is 0 Å². The van der Waals surface area contributed by atoms with Crippen LogP contribution in [0.2, 0.25) is 0 Å². The van der Waals surface area contributed by atoms with Crippen molar-refractivity contribution >= 4 is 33.8 Å². The van der Waals surface area contributed by atoms with Crippen LogP contribution < -0.4 is 5.73 Å². The molecule has 1 rings (SSSR count). The lowest BCUT2D eigenvalue weighted by Gasteiger charge is -2.29. The molecule has 0 aliphatic heterocycles. The van der Waals surface area contributed by atoms with E-state index in [-0.39, 0.29) is 24.4 Å². The topological polar surface area (TPSA) is 80.5 Å². The average molecular weight is 349 g/mol. The summed E-state index contributed by atoms with van der Waals surface area (Å²) < 4.78 is 23.1. The van der Waals surface area contributed by atoms with Gasteiger partial charge in [-0.05, 0) is 31.9 Å². The Hall–Kier alpha value is -1.27. The third kappa shape index (κ3) is 5.50. The molecule has 0 aliphatic carbocycles. The van der Waals surface area contributed by atoms with Crippen LogP contribution in [0.1, 0.15) is 25.8 Å². The van der Waals surface area contributed by atoms with Gasteiger partial charge < -0.3 is 10.6 Å². The van der Waals surface area contributed by atoms with Gasteiger partial charge in [0.1, 0.15) is 0 Å². The number of carbonyl (C=O) groups is 1. The van der Waals surface area contributed by atoms with E-state index in [9.17, 15) is 13.2 Å². The normalized spacial score (nSPS) is 13.8. The van der Waals surface area contributed by atoms with E-state index < -0.39 is 15.1 Å². The number of sulfone groups is 1. The summed E-state index contributed by atoms with van der Waals surface area (Å²) >= 11 is 0. The number of nitrogen functional groups attached to an aromatic ring is 1. The van der Waals surface area contributed by atoms with Crippen LogP contribution in [-0.2, 0) is 21.1 Å². The fraction of sp³-hybridized carbons (Fsp3) is 0.533. The SMILES string of the molecule is CC(C(C)S(C)(=O)=O)N(C)C(=O)CCc1ccccc1N.Cl. The number of anilines is 1. The van der Waals surface area contributed by atoms with Crippen LogP contribution in [0.25, 0.3) is 0 Å². The summed E-state index contributed by atoms with van der Waals surface area (Å²) in [6, 6.07) is 7.07. The number of halogens is 1. The maximum atomic E-state index is 12.2. The lowest BCUT2D eigenvalue weighted by Crippen LogP contribution is -2.44. The first-order valence-corrected chi connectivity index (χ1v) is 8.88. The van der Waals surface area contributed by atoms with Gasteiger partial charge in [-0.1, -0.05) is 18.2 Å². The molecule has 0 saturated heterocycles. The number of aryl methyl sites for hydroxylation is 1. The fourth-order valence-corrected chi connectivity index (χ4v) is 2.98. The Balaban J connectivity index is 0.00000441. The van der Waals surface area contributed by atoms with Gasteiger partial charge in [-0.2, -0.15) is 0 Å². The van der Waals surface area contributed by atoms with Gasteiger partial charge in [-0.3, -0.25) is 4.79 Å². The summed E-state index contributed by atoms with van der Waals surface area (Å²) in [5.41, 5.74) is 7.45. The van der Waals surface area contributed by atoms with Gasteiger partial charge in [0.05, 0.1) is 5.25 Å². The molecule has 0 bridgehead atoms. The highest BCUT2D eigenvalue weighted by Gasteiger charge is 2.27. The van der Waals surface area contributed by atoms with Gasteiger partial charge >= 0.3 is 0 Å². The Morgan fingerprint density at radius 3 is 2.32 bits per heavy atom. The van der Waals surface area contributed by atoms with Crippen LogP contribution in [0.3, 0.4) is 0 Å². The lowest BCUT2D eigenvalue weighted by molar-refractivity contribution is -0.131. The molecule has 5 nitrogen and oxygen atoms in total. The van der Waals surface area contributed by atoms with Gasteiger partial charge in [-0.15, -0.1) is 12.4 Å². The molecule has 0 saturated carbocycles. The summed E-state index contributed by atoms with van der Waals surface area (Å²) in [7, 11) is -1.53. The first kappa shape index (κ1) is 20.7. The van der Waals surface area contributed by atoms with Crippen LogP contribution in [0.4, 0.5) is 5.69 Å². The molecule has 22 heavy (non-hydrogen) atoms. The second kappa shape index (κ2) is 8.39. The monoisotopic (exact) mass is 348 g/mol. The molecule has 2 N–H and O–H groups in total. The molecule has 1 amide bonds. The number of nitrogens with zero attached hydrogens (tertiary/aromatic N) is 1. The summed E-state index contributed by atoms with van der Waals surface area (Å²) in [5.74, 6) is -0.0822. The minimum Gasteiger partial charge on any atom is -0.399 e. The number of nitrogens with two attached hydrogens (primary N) is 1. The first-order valence-electron chi connectivity index (χ1n) is 6.92. The molecule has 1 aromatic carbocycles. The third-order valence-electron chi connectivity index (χ3n) is 4.02. The third-order valence-corrected chi connectivity index (χ3v) is 5.77. The average Bonchev–Trinajstić information content (AvgIpc) is 2.42. The zero-order valence-electron chi connectivity index (χ0n) is 13.4.